The van der Waals surface area contributed by atoms with Crippen LogP contribution in [-0.4, -0.2) is 36.5 Å². The van der Waals surface area contributed by atoms with Gasteiger partial charge >= 0.3 is 5.97 Å². The monoisotopic (exact) mass is 366 g/mol. The summed E-state index contributed by atoms with van der Waals surface area (Å²) in [5, 5.41) is 10.1. The van der Waals surface area contributed by atoms with E-state index in [1.165, 1.54) is 32.1 Å². The summed E-state index contributed by atoms with van der Waals surface area (Å²) in [7, 11) is 0. The zero-order chi connectivity index (χ0) is 18.4. The molecule has 0 aromatic heterocycles. The predicted molar refractivity (Wildman–Crippen MR) is 102 cm³/mol. The van der Waals surface area contributed by atoms with Gasteiger partial charge < -0.3 is 14.6 Å². The Balaban J connectivity index is 1.75. The standard InChI is InChI=1S/C22H38O4/c1-2-3-4-9-16-14-17(19-10-5-7-12-25-19)15-18(21(16)22(23)24)20-11-6-8-13-26-20/h16-21H,2-15H2,1H3,(H,23,24). The molecule has 4 nitrogen and oxygen atoms in total. The van der Waals surface area contributed by atoms with Gasteiger partial charge in [-0.3, -0.25) is 4.79 Å². The fraction of sp³-hybridized carbons (Fsp3) is 0.955. The van der Waals surface area contributed by atoms with Crippen LogP contribution in [-0.2, 0) is 14.3 Å². The van der Waals surface area contributed by atoms with E-state index in [2.05, 4.69) is 6.92 Å². The molecule has 0 spiro atoms. The summed E-state index contributed by atoms with van der Waals surface area (Å²) in [6.45, 7) is 3.90. The molecule has 3 rings (SSSR count). The Morgan fingerprint density at radius 1 is 0.962 bits per heavy atom. The summed E-state index contributed by atoms with van der Waals surface area (Å²) in [5.74, 6) is 0.166. The number of rotatable bonds is 7. The minimum atomic E-state index is -0.589. The number of carboxylic acid groups (broad SMARTS) is 1. The molecule has 2 aliphatic heterocycles. The maximum atomic E-state index is 12.2. The molecular weight excluding hydrogens is 328 g/mol. The lowest BCUT2D eigenvalue weighted by Crippen LogP contribution is -2.47. The van der Waals surface area contributed by atoms with E-state index in [9.17, 15) is 9.90 Å². The van der Waals surface area contributed by atoms with Gasteiger partial charge in [0.05, 0.1) is 18.1 Å². The number of ether oxygens (including phenoxy) is 2. The van der Waals surface area contributed by atoms with Crippen molar-refractivity contribution in [2.45, 2.75) is 96.2 Å². The second kappa shape index (κ2) is 10.1. The Kier molecular flexibility index (Phi) is 7.80. The summed E-state index contributed by atoms with van der Waals surface area (Å²) in [6.07, 6.45) is 14.0. The molecule has 26 heavy (non-hydrogen) atoms. The van der Waals surface area contributed by atoms with Crippen LogP contribution in [0.2, 0.25) is 0 Å². The van der Waals surface area contributed by atoms with Gasteiger partial charge in [0, 0.05) is 13.2 Å². The average molecular weight is 367 g/mol. The van der Waals surface area contributed by atoms with E-state index in [4.69, 9.17) is 9.47 Å². The first-order valence-corrected chi connectivity index (χ1v) is 11.2. The van der Waals surface area contributed by atoms with Crippen molar-refractivity contribution in [2.24, 2.45) is 23.7 Å². The predicted octanol–water partition coefficient (Wildman–Crippen LogP) is 5.05. The van der Waals surface area contributed by atoms with E-state index >= 15 is 0 Å². The third-order valence-electron chi connectivity index (χ3n) is 7.05. The Labute approximate surface area is 159 Å². The Bertz CT molecular complexity index is 426. The van der Waals surface area contributed by atoms with E-state index in [1.54, 1.807) is 0 Å². The number of carboxylic acids is 1. The topological polar surface area (TPSA) is 55.8 Å². The van der Waals surface area contributed by atoms with Crippen molar-refractivity contribution in [3.05, 3.63) is 0 Å². The van der Waals surface area contributed by atoms with Gasteiger partial charge in [-0.1, -0.05) is 26.2 Å². The molecule has 0 aromatic carbocycles. The average Bonchev–Trinajstić information content (AvgIpc) is 2.68. The normalized spacial score (nSPS) is 38.8. The van der Waals surface area contributed by atoms with Gasteiger partial charge in [0.1, 0.15) is 0 Å². The maximum Gasteiger partial charge on any atom is 0.307 e. The number of hydrogen-bond acceptors (Lipinski definition) is 3. The molecule has 6 atom stereocenters. The zero-order valence-corrected chi connectivity index (χ0v) is 16.5. The van der Waals surface area contributed by atoms with Crippen LogP contribution in [0.15, 0.2) is 0 Å². The van der Waals surface area contributed by atoms with Crippen LogP contribution in [0.5, 0.6) is 0 Å². The molecule has 0 amide bonds. The van der Waals surface area contributed by atoms with E-state index in [0.29, 0.717) is 17.9 Å². The Morgan fingerprint density at radius 3 is 2.23 bits per heavy atom. The van der Waals surface area contributed by atoms with Gasteiger partial charge in [0.25, 0.3) is 0 Å². The second-order valence-corrected chi connectivity index (χ2v) is 8.83. The number of aliphatic carboxylic acids is 1. The SMILES string of the molecule is CCCCCC1CC(C2CCCCO2)CC(C2CCCCO2)C1C(=O)O. The van der Waals surface area contributed by atoms with Gasteiger partial charge in [-0.25, -0.2) is 0 Å². The van der Waals surface area contributed by atoms with Crippen LogP contribution >= 0.6 is 0 Å². The minimum Gasteiger partial charge on any atom is -0.481 e. The first-order valence-electron chi connectivity index (χ1n) is 11.2. The van der Waals surface area contributed by atoms with Crippen molar-refractivity contribution in [3.63, 3.8) is 0 Å². The lowest BCUT2D eigenvalue weighted by molar-refractivity contribution is -0.158. The molecule has 3 fully saturated rings. The summed E-state index contributed by atoms with van der Waals surface area (Å²) < 4.78 is 12.2. The molecule has 4 heteroatoms. The van der Waals surface area contributed by atoms with Crippen molar-refractivity contribution < 1.29 is 19.4 Å². The van der Waals surface area contributed by atoms with E-state index in [-0.39, 0.29) is 17.9 Å². The molecule has 0 bridgehead atoms. The van der Waals surface area contributed by atoms with Crippen LogP contribution in [0, 0.1) is 23.7 Å². The summed E-state index contributed by atoms with van der Waals surface area (Å²) in [5.41, 5.74) is 0. The first kappa shape index (κ1) is 20.1. The van der Waals surface area contributed by atoms with Gasteiger partial charge in [0.15, 0.2) is 0 Å². The quantitative estimate of drug-likeness (QED) is 0.641. The molecular formula is C22H38O4. The number of hydrogen-bond donors (Lipinski definition) is 1. The highest BCUT2D eigenvalue weighted by Gasteiger charge is 2.47. The summed E-state index contributed by atoms with van der Waals surface area (Å²) >= 11 is 0. The highest BCUT2D eigenvalue weighted by molar-refractivity contribution is 5.71. The fourth-order valence-corrected chi connectivity index (χ4v) is 5.74. The zero-order valence-electron chi connectivity index (χ0n) is 16.5. The summed E-state index contributed by atoms with van der Waals surface area (Å²) in [4.78, 5) is 12.2. The van der Waals surface area contributed by atoms with E-state index in [0.717, 1.165) is 58.2 Å². The molecule has 150 valence electrons. The largest absolute Gasteiger partial charge is 0.481 e. The highest BCUT2D eigenvalue weighted by atomic mass is 16.5. The van der Waals surface area contributed by atoms with E-state index in [1.807, 2.05) is 0 Å². The van der Waals surface area contributed by atoms with Crippen molar-refractivity contribution in [3.8, 4) is 0 Å². The third kappa shape index (κ3) is 5.01. The molecule has 2 saturated heterocycles. The Hall–Kier alpha value is -0.610. The van der Waals surface area contributed by atoms with Crippen molar-refractivity contribution in [1.29, 1.82) is 0 Å². The molecule has 1 N–H and O–H groups in total. The van der Waals surface area contributed by atoms with Crippen LogP contribution in [0.1, 0.15) is 84.0 Å². The fourth-order valence-electron chi connectivity index (χ4n) is 5.74. The molecule has 6 unspecified atom stereocenters. The van der Waals surface area contributed by atoms with Crippen molar-refractivity contribution in [1.82, 2.24) is 0 Å². The van der Waals surface area contributed by atoms with Gasteiger partial charge in [-0.15, -0.1) is 0 Å². The smallest absolute Gasteiger partial charge is 0.307 e. The maximum absolute atomic E-state index is 12.2. The molecule has 1 saturated carbocycles. The number of carbonyl (C=O) groups is 1. The second-order valence-electron chi connectivity index (χ2n) is 8.83. The molecule has 2 heterocycles. The lowest BCUT2D eigenvalue weighted by Gasteiger charge is -2.46. The van der Waals surface area contributed by atoms with Crippen LogP contribution in [0.4, 0.5) is 0 Å². The lowest BCUT2D eigenvalue weighted by atomic mass is 9.62. The van der Waals surface area contributed by atoms with Gasteiger partial charge in [0.2, 0.25) is 0 Å². The van der Waals surface area contributed by atoms with Crippen LogP contribution in [0.3, 0.4) is 0 Å². The van der Waals surface area contributed by atoms with Crippen molar-refractivity contribution >= 4 is 5.97 Å². The number of unbranched alkanes of at least 4 members (excludes halogenated alkanes) is 2. The highest BCUT2D eigenvalue weighted by Crippen LogP contribution is 2.47. The minimum absolute atomic E-state index is 0.143. The molecule has 1 aliphatic carbocycles. The molecule has 0 aromatic rings. The van der Waals surface area contributed by atoms with Crippen LogP contribution < -0.4 is 0 Å². The van der Waals surface area contributed by atoms with Crippen molar-refractivity contribution in [2.75, 3.05) is 13.2 Å². The molecule has 0 radical (unpaired) electrons. The first-order chi connectivity index (χ1) is 12.7. The van der Waals surface area contributed by atoms with Gasteiger partial charge in [-0.2, -0.15) is 0 Å². The van der Waals surface area contributed by atoms with Crippen LogP contribution in [0.25, 0.3) is 0 Å². The van der Waals surface area contributed by atoms with Gasteiger partial charge in [-0.05, 0) is 75.5 Å². The third-order valence-corrected chi connectivity index (χ3v) is 7.05. The Morgan fingerprint density at radius 2 is 1.65 bits per heavy atom. The summed E-state index contributed by atoms with van der Waals surface area (Å²) in [6, 6.07) is 0. The molecule has 3 aliphatic rings. The van der Waals surface area contributed by atoms with E-state index < -0.39 is 5.97 Å².